The predicted octanol–water partition coefficient (Wildman–Crippen LogP) is 7.08. The van der Waals surface area contributed by atoms with Gasteiger partial charge in [0.05, 0.1) is 5.39 Å². The molecule has 4 aromatic rings. The smallest absolute Gasteiger partial charge is 0.235 e. The van der Waals surface area contributed by atoms with E-state index in [0.29, 0.717) is 29.1 Å². The Morgan fingerprint density at radius 1 is 0.875 bits per heavy atom. The Balaban J connectivity index is 1.52. The van der Waals surface area contributed by atoms with Crippen molar-refractivity contribution in [2.45, 2.75) is 46.6 Å². The summed E-state index contributed by atoms with van der Waals surface area (Å²) in [7, 11) is 0. The second-order valence-corrected chi connectivity index (χ2v) is 9.19. The van der Waals surface area contributed by atoms with Crippen LogP contribution in [0.3, 0.4) is 0 Å². The number of aryl methyl sites for hydroxylation is 2. The molecule has 0 aliphatic rings. The van der Waals surface area contributed by atoms with Crippen LogP contribution in [0, 0.1) is 13.8 Å². The third-order valence-corrected chi connectivity index (χ3v) is 5.50. The number of hydrogen-bond acceptors (Lipinski definition) is 4. The number of rotatable bonds is 5. The molecule has 32 heavy (non-hydrogen) atoms. The maximum absolute atomic E-state index is 12.9. The highest BCUT2D eigenvalue weighted by molar-refractivity contribution is 5.79. The van der Waals surface area contributed by atoms with E-state index >= 15 is 0 Å². The molecule has 0 N–H and O–H groups in total. The minimum atomic E-state index is -0.212. The molecule has 3 aromatic carbocycles. The van der Waals surface area contributed by atoms with E-state index in [1.807, 2.05) is 32.0 Å². The van der Waals surface area contributed by atoms with Crippen LogP contribution in [0.1, 0.15) is 43.0 Å². The predicted molar refractivity (Wildman–Crippen MR) is 128 cm³/mol. The van der Waals surface area contributed by atoms with Gasteiger partial charge in [0, 0.05) is 6.07 Å². The van der Waals surface area contributed by atoms with Gasteiger partial charge in [0.1, 0.15) is 30.0 Å². The van der Waals surface area contributed by atoms with E-state index in [2.05, 4.69) is 45.0 Å². The van der Waals surface area contributed by atoms with Crippen molar-refractivity contribution in [1.29, 1.82) is 0 Å². The van der Waals surface area contributed by atoms with Crippen LogP contribution < -0.4 is 14.9 Å². The lowest BCUT2D eigenvalue weighted by atomic mass is 9.87. The summed E-state index contributed by atoms with van der Waals surface area (Å²) in [5.41, 5.74) is 4.75. The molecule has 0 aliphatic heterocycles. The van der Waals surface area contributed by atoms with Crippen molar-refractivity contribution in [3.63, 3.8) is 0 Å². The fourth-order valence-electron chi connectivity index (χ4n) is 3.45. The largest absolute Gasteiger partial charge is 0.489 e. The van der Waals surface area contributed by atoms with Gasteiger partial charge in [-0.05, 0) is 59.7 Å². The maximum Gasteiger partial charge on any atom is 0.235 e. The molecule has 0 spiro atoms. The Hall–Kier alpha value is -3.53. The summed E-state index contributed by atoms with van der Waals surface area (Å²) in [6.07, 6.45) is 1.36. The van der Waals surface area contributed by atoms with E-state index in [4.69, 9.17) is 13.9 Å². The van der Waals surface area contributed by atoms with Crippen molar-refractivity contribution in [2.75, 3.05) is 0 Å². The van der Waals surface area contributed by atoms with E-state index in [-0.39, 0.29) is 16.6 Å². The number of ether oxygens (including phenoxy) is 2. The Bertz CT molecular complexity index is 1310. The van der Waals surface area contributed by atoms with Crippen LogP contribution in [0.2, 0.25) is 0 Å². The standard InChI is InChI=1S/C28H28O4/c1-18-6-7-19(2)24(14-18)32-26-17-31-25-15-22(12-13-23(25)27(26)29)30-16-20-8-10-21(11-9-20)28(3,4)5/h6-15,17H,16H2,1-5H3. The van der Waals surface area contributed by atoms with Crippen LogP contribution in [0.25, 0.3) is 11.0 Å². The number of benzene rings is 3. The summed E-state index contributed by atoms with van der Waals surface area (Å²) in [6, 6.07) is 19.5. The second-order valence-electron chi connectivity index (χ2n) is 9.19. The van der Waals surface area contributed by atoms with Gasteiger partial charge >= 0.3 is 0 Å². The number of hydrogen-bond donors (Lipinski definition) is 0. The molecule has 4 nitrogen and oxygen atoms in total. The van der Waals surface area contributed by atoms with Crippen molar-refractivity contribution >= 4 is 11.0 Å². The first-order chi connectivity index (χ1) is 15.2. The molecule has 0 amide bonds. The van der Waals surface area contributed by atoms with Crippen LogP contribution in [0.15, 0.2) is 76.1 Å². The van der Waals surface area contributed by atoms with Crippen molar-refractivity contribution in [3.05, 3.63) is 99.4 Å². The van der Waals surface area contributed by atoms with Gasteiger partial charge in [0.25, 0.3) is 0 Å². The van der Waals surface area contributed by atoms with Crippen molar-refractivity contribution in [2.24, 2.45) is 0 Å². The third kappa shape index (κ3) is 4.70. The molecule has 0 aliphatic carbocycles. The molecule has 0 atom stereocenters. The van der Waals surface area contributed by atoms with Gasteiger partial charge in [-0.3, -0.25) is 4.79 Å². The summed E-state index contributed by atoms with van der Waals surface area (Å²) in [6.45, 7) is 10.9. The summed E-state index contributed by atoms with van der Waals surface area (Å²) >= 11 is 0. The van der Waals surface area contributed by atoms with Gasteiger partial charge in [-0.2, -0.15) is 0 Å². The van der Waals surface area contributed by atoms with Gasteiger partial charge in [-0.1, -0.05) is 57.2 Å². The topological polar surface area (TPSA) is 48.7 Å². The Kier molecular flexibility index (Phi) is 5.79. The van der Waals surface area contributed by atoms with E-state index in [1.165, 1.54) is 11.8 Å². The Labute approximate surface area is 188 Å². The van der Waals surface area contributed by atoms with E-state index in [9.17, 15) is 4.79 Å². The molecule has 164 valence electrons. The van der Waals surface area contributed by atoms with Crippen LogP contribution in [0.4, 0.5) is 0 Å². The lowest BCUT2D eigenvalue weighted by Gasteiger charge is -2.19. The van der Waals surface area contributed by atoms with Gasteiger partial charge in [0.2, 0.25) is 11.2 Å². The maximum atomic E-state index is 12.9. The highest BCUT2D eigenvalue weighted by Gasteiger charge is 2.14. The molecular weight excluding hydrogens is 400 g/mol. The first-order valence-corrected chi connectivity index (χ1v) is 10.7. The summed E-state index contributed by atoms with van der Waals surface area (Å²) in [4.78, 5) is 12.9. The third-order valence-electron chi connectivity index (χ3n) is 5.50. The first kappa shape index (κ1) is 21.7. The molecule has 1 heterocycles. The molecule has 4 rings (SSSR count). The lowest BCUT2D eigenvalue weighted by Crippen LogP contribution is -2.10. The van der Waals surface area contributed by atoms with E-state index < -0.39 is 0 Å². The van der Waals surface area contributed by atoms with Crippen LogP contribution in [0.5, 0.6) is 17.2 Å². The highest BCUT2D eigenvalue weighted by Crippen LogP contribution is 2.27. The summed E-state index contributed by atoms with van der Waals surface area (Å²) < 4.78 is 17.5. The van der Waals surface area contributed by atoms with Crippen LogP contribution >= 0.6 is 0 Å². The zero-order chi connectivity index (χ0) is 22.9. The normalized spacial score (nSPS) is 11.5. The van der Waals surface area contributed by atoms with Crippen LogP contribution in [-0.4, -0.2) is 0 Å². The minimum absolute atomic E-state index is 0.121. The molecule has 1 aromatic heterocycles. The van der Waals surface area contributed by atoms with Crippen molar-refractivity contribution in [1.82, 2.24) is 0 Å². The molecule has 0 saturated carbocycles. The van der Waals surface area contributed by atoms with Gasteiger partial charge < -0.3 is 13.9 Å². The van der Waals surface area contributed by atoms with Crippen LogP contribution in [-0.2, 0) is 12.0 Å². The summed E-state index contributed by atoms with van der Waals surface area (Å²) in [5.74, 6) is 1.46. The Morgan fingerprint density at radius 3 is 2.34 bits per heavy atom. The van der Waals surface area contributed by atoms with Crippen molar-refractivity contribution < 1.29 is 13.9 Å². The second kappa shape index (κ2) is 8.54. The number of fused-ring (bicyclic) bond motifs is 1. The SMILES string of the molecule is Cc1ccc(C)c(Oc2coc3cc(OCc4ccc(C(C)(C)C)cc4)ccc3c2=O)c1. The molecule has 0 bridgehead atoms. The fourth-order valence-corrected chi connectivity index (χ4v) is 3.45. The molecule has 4 heteroatoms. The van der Waals surface area contributed by atoms with Gasteiger partial charge in [0.15, 0.2) is 0 Å². The zero-order valence-electron chi connectivity index (χ0n) is 19.2. The molecule has 0 radical (unpaired) electrons. The molecule has 0 unspecified atom stereocenters. The van der Waals surface area contributed by atoms with Gasteiger partial charge in [-0.15, -0.1) is 0 Å². The van der Waals surface area contributed by atoms with E-state index in [0.717, 1.165) is 16.7 Å². The molecule has 0 saturated heterocycles. The summed E-state index contributed by atoms with van der Waals surface area (Å²) in [5, 5.41) is 0.453. The van der Waals surface area contributed by atoms with Gasteiger partial charge in [-0.25, -0.2) is 0 Å². The molecular formula is C28H28O4. The zero-order valence-corrected chi connectivity index (χ0v) is 19.2. The van der Waals surface area contributed by atoms with E-state index in [1.54, 1.807) is 18.2 Å². The highest BCUT2D eigenvalue weighted by atomic mass is 16.5. The quantitative estimate of drug-likeness (QED) is 0.341. The van der Waals surface area contributed by atoms with Crippen molar-refractivity contribution in [3.8, 4) is 17.2 Å². The lowest BCUT2D eigenvalue weighted by molar-refractivity contribution is 0.306. The molecule has 0 fully saturated rings. The fraction of sp³-hybridized carbons (Fsp3) is 0.250. The Morgan fingerprint density at radius 2 is 1.62 bits per heavy atom. The first-order valence-electron chi connectivity index (χ1n) is 10.7. The monoisotopic (exact) mass is 428 g/mol. The average molecular weight is 429 g/mol. The minimum Gasteiger partial charge on any atom is -0.489 e. The average Bonchev–Trinajstić information content (AvgIpc) is 2.76.